The van der Waals surface area contributed by atoms with E-state index in [1.807, 2.05) is 20.8 Å². The van der Waals surface area contributed by atoms with Gasteiger partial charge in [0.25, 0.3) is 5.92 Å². The maximum atomic E-state index is 13.7. The Morgan fingerprint density at radius 3 is 2.44 bits per heavy atom. The van der Waals surface area contributed by atoms with Crippen molar-refractivity contribution in [2.45, 2.75) is 38.7 Å². The monoisotopic (exact) mass is 261 g/mol. The van der Waals surface area contributed by atoms with E-state index in [9.17, 15) is 13.6 Å². The van der Waals surface area contributed by atoms with E-state index in [2.05, 4.69) is 10.6 Å². The first kappa shape index (κ1) is 13.5. The Balaban J connectivity index is 1.91. The number of amides is 2. The fourth-order valence-electron chi connectivity index (χ4n) is 2.40. The number of hydrogen-bond donors (Lipinski definition) is 2. The van der Waals surface area contributed by atoms with Gasteiger partial charge in [0.1, 0.15) is 0 Å². The molecule has 2 rings (SSSR count). The molecule has 1 spiro atoms. The molecule has 18 heavy (non-hydrogen) atoms. The van der Waals surface area contributed by atoms with Crippen LogP contribution < -0.4 is 10.6 Å². The molecule has 0 bridgehead atoms. The summed E-state index contributed by atoms with van der Waals surface area (Å²) in [5.74, 6) is -2.70. The molecule has 2 aliphatic heterocycles. The van der Waals surface area contributed by atoms with Crippen molar-refractivity contribution in [2.24, 2.45) is 5.41 Å². The lowest BCUT2D eigenvalue weighted by atomic mass is 9.76. The van der Waals surface area contributed by atoms with Gasteiger partial charge in [-0.25, -0.2) is 13.6 Å². The molecule has 4 nitrogen and oxygen atoms in total. The largest absolute Gasteiger partial charge is 0.333 e. The Kier molecular flexibility index (Phi) is 3.04. The number of carbonyl (C=O) groups excluding carboxylic acids is 1. The van der Waals surface area contributed by atoms with Gasteiger partial charge in [-0.1, -0.05) is 6.92 Å². The zero-order chi connectivity index (χ0) is 13.6. The Morgan fingerprint density at radius 1 is 1.39 bits per heavy atom. The van der Waals surface area contributed by atoms with Crippen molar-refractivity contribution in [1.82, 2.24) is 15.5 Å². The summed E-state index contributed by atoms with van der Waals surface area (Å²) in [6.45, 7) is 6.12. The summed E-state index contributed by atoms with van der Waals surface area (Å²) in [6.07, 6.45) is 0.801. The van der Waals surface area contributed by atoms with Gasteiger partial charge >= 0.3 is 6.03 Å². The second-order valence-electron chi connectivity index (χ2n) is 6.11. The van der Waals surface area contributed by atoms with Crippen LogP contribution in [0.5, 0.6) is 0 Å². The van der Waals surface area contributed by atoms with E-state index in [1.165, 1.54) is 4.90 Å². The highest BCUT2D eigenvalue weighted by atomic mass is 19.3. The fraction of sp³-hybridized carbons (Fsp3) is 0.917. The quantitative estimate of drug-likeness (QED) is 0.789. The number of nitrogens with zero attached hydrogens (tertiary/aromatic N) is 1. The standard InChI is InChI=1S/C12H21F2N3O/c1-4-10(2,3)16-9(18)17-7-11(8-17)5-15-6-12(11,13)14/h15H,4-8H2,1-3H3,(H,16,18). The summed E-state index contributed by atoms with van der Waals surface area (Å²) >= 11 is 0. The molecule has 0 radical (unpaired) electrons. The van der Waals surface area contributed by atoms with Gasteiger partial charge in [-0.05, 0) is 20.3 Å². The van der Waals surface area contributed by atoms with Crippen LogP contribution in [0.1, 0.15) is 27.2 Å². The van der Waals surface area contributed by atoms with Gasteiger partial charge in [-0.2, -0.15) is 0 Å². The molecular weight excluding hydrogens is 240 g/mol. The number of hydrogen-bond acceptors (Lipinski definition) is 2. The maximum Gasteiger partial charge on any atom is 0.317 e. The highest BCUT2D eigenvalue weighted by Crippen LogP contribution is 2.46. The van der Waals surface area contributed by atoms with Gasteiger partial charge in [0.15, 0.2) is 0 Å². The number of halogens is 2. The van der Waals surface area contributed by atoms with Crippen molar-refractivity contribution in [3.63, 3.8) is 0 Å². The summed E-state index contributed by atoms with van der Waals surface area (Å²) in [5.41, 5.74) is -1.34. The first-order valence-electron chi connectivity index (χ1n) is 6.37. The van der Waals surface area contributed by atoms with Crippen LogP contribution in [0.4, 0.5) is 13.6 Å². The summed E-state index contributed by atoms with van der Waals surface area (Å²) < 4.78 is 27.3. The molecule has 0 unspecified atom stereocenters. The van der Waals surface area contributed by atoms with Crippen molar-refractivity contribution in [3.8, 4) is 0 Å². The predicted octanol–water partition coefficient (Wildman–Crippen LogP) is 1.43. The van der Waals surface area contributed by atoms with E-state index in [0.717, 1.165) is 6.42 Å². The van der Waals surface area contributed by atoms with Gasteiger partial charge in [0.2, 0.25) is 0 Å². The highest BCUT2D eigenvalue weighted by Gasteiger charge is 2.64. The van der Waals surface area contributed by atoms with Crippen molar-refractivity contribution < 1.29 is 13.6 Å². The van der Waals surface area contributed by atoms with Crippen molar-refractivity contribution in [1.29, 1.82) is 0 Å². The highest BCUT2D eigenvalue weighted by molar-refractivity contribution is 5.76. The molecule has 0 saturated carbocycles. The van der Waals surface area contributed by atoms with Crippen LogP contribution in [0.25, 0.3) is 0 Å². The maximum absolute atomic E-state index is 13.7. The summed E-state index contributed by atoms with van der Waals surface area (Å²) in [7, 11) is 0. The average Bonchev–Trinajstić information content (AvgIpc) is 2.50. The van der Waals surface area contributed by atoms with Crippen LogP contribution in [0, 0.1) is 5.41 Å². The first-order chi connectivity index (χ1) is 8.21. The lowest BCUT2D eigenvalue weighted by Gasteiger charge is -2.50. The lowest BCUT2D eigenvalue weighted by Crippen LogP contribution is -2.68. The molecule has 6 heteroatoms. The minimum absolute atomic E-state index is 0.138. The summed E-state index contributed by atoms with van der Waals surface area (Å²) in [4.78, 5) is 13.4. The van der Waals surface area contributed by atoms with Crippen LogP contribution >= 0.6 is 0 Å². The molecule has 0 aromatic heterocycles. The van der Waals surface area contributed by atoms with E-state index < -0.39 is 11.3 Å². The van der Waals surface area contributed by atoms with E-state index in [1.54, 1.807) is 0 Å². The molecule has 2 N–H and O–H groups in total. The molecule has 0 aromatic carbocycles. The Morgan fingerprint density at radius 2 is 2.00 bits per heavy atom. The topological polar surface area (TPSA) is 44.4 Å². The third-order valence-corrected chi connectivity index (χ3v) is 4.19. The Labute approximate surface area is 106 Å². The molecule has 2 aliphatic rings. The van der Waals surface area contributed by atoms with Gasteiger partial charge in [-0.15, -0.1) is 0 Å². The average molecular weight is 261 g/mol. The molecule has 2 heterocycles. The number of urea groups is 1. The Hall–Kier alpha value is -0.910. The second-order valence-corrected chi connectivity index (χ2v) is 6.11. The zero-order valence-corrected chi connectivity index (χ0v) is 11.1. The zero-order valence-electron chi connectivity index (χ0n) is 11.1. The number of alkyl halides is 2. The van der Waals surface area contributed by atoms with Crippen LogP contribution in [-0.2, 0) is 0 Å². The van der Waals surface area contributed by atoms with Crippen LogP contribution in [-0.4, -0.2) is 48.6 Å². The molecule has 2 saturated heterocycles. The van der Waals surface area contributed by atoms with Gasteiger partial charge in [-0.3, -0.25) is 0 Å². The third kappa shape index (κ3) is 2.06. The van der Waals surface area contributed by atoms with Crippen molar-refractivity contribution in [3.05, 3.63) is 0 Å². The first-order valence-corrected chi connectivity index (χ1v) is 6.37. The molecule has 2 amide bonds. The van der Waals surface area contributed by atoms with E-state index in [4.69, 9.17) is 0 Å². The second kappa shape index (κ2) is 4.05. The smallest absolute Gasteiger partial charge is 0.317 e. The van der Waals surface area contributed by atoms with Gasteiger partial charge in [0.05, 0.1) is 12.0 Å². The minimum Gasteiger partial charge on any atom is -0.333 e. The third-order valence-electron chi connectivity index (χ3n) is 4.19. The van der Waals surface area contributed by atoms with Gasteiger partial charge < -0.3 is 15.5 Å². The number of rotatable bonds is 2. The van der Waals surface area contributed by atoms with Gasteiger partial charge in [0, 0.05) is 25.2 Å². The predicted molar refractivity (Wildman–Crippen MR) is 64.7 cm³/mol. The number of likely N-dealkylation sites (tertiary alicyclic amines) is 1. The molecule has 2 fully saturated rings. The molecule has 104 valence electrons. The van der Waals surface area contributed by atoms with E-state index in [0.29, 0.717) is 6.54 Å². The normalized spacial score (nSPS) is 25.1. The van der Waals surface area contributed by atoms with Crippen molar-refractivity contribution >= 4 is 6.03 Å². The molecule has 0 aromatic rings. The lowest BCUT2D eigenvalue weighted by molar-refractivity contribution is -0.142. The fourth-order valence-corrected chi connectivity index (χ4v) is 2.40. The van der Waals surface area contributed by atoms with Crippen LogP contribution in [0.2, 0.25) is 0 Å². The summed E-state index contributed by atoms with van der Waals surface area (Å²) in [5, 5.41) is 5.58. The van der Waals surface area contributed by atoms with Crippen molar-refractivity contribution in [2.75, 3.05) is 26.2 Å². The number of nitrogens with one attached hydrogen (secondary N) is 2. The molecule has 0 aliphatic carbocycles. The molecule has 0 atom stereocenters. The summed E-state index contributed by atoms with van der Waals surface area (Å²) in [6, 6.07) is -0.241. The Bertz CT molecular complexity index is 351. The number of carbonyl (C=O) groups is 1. The SMILES string of the molecule is CCC(C)(C)NC(=O)N1CC2(CNCC2(F)F)C1. The molecular formula is C12H21F2N3O. The van der Waals surface area contributed by atoms with Crippen LogP contribution in [0.3, 0.4) is 0 Å². The van der Waals surface area contributed by atoms with E-state index >= 15 is 0 Å². The van der Waals surface area contributed by atoms with Crippen LogP contribution in [0.15, 0.2) is 0 Å². The minimum atomic E-state index is -2.70. The van der Waals surface area contributed by atoms with E-state index in [-0.39, 0.29) is 31.2 Å².